The molecule has 4 aromatic rings. The van der Waals surface area contributed by atoms with E-state index in [1.54, 1.807) is 35.7 Å². The number of hydrogen-bond donors (Lipinski definition) is 1. The SMILES string of the molecule is COc1ccc(C=O)cc1Cn1c(=O)n(CCCC(=O)NCc2ccc3c(c2)OCO3)c(=O)c2sccc21. The Hall–Kier alpha value is -4.38. The van der Waals surface area contributed by atoms with E-state index >= 15 is 0 Å². The lowest BCUT2D eigenvalue weighted by Crippen LogP contribution is -2.40. The van der Waals surface area contributed by atoms with E-state index in [0.717, 1.165) is 11.8 Å². The lowest BCUT2D eigenvalue weighted by Gasteiger charge is -2.14. The van der Waals surface area contributed by atoms with Crippen LogP contribution < -0.4 is 30.8 Å². The first kappa shape index (κ1) is 25.3. The maximum atomic E-state index is 13.4. The highest BCUT2D eigenvalue weighted by Gasteiger charge is 2.17. The molecule has 5 rings (SSSR count). The van der Waals surface area contributed by atoms with Crippen LogP contribution in [0.2, 0.25) is 0 Å². The summed E-state index contributed by atoms with van der Waals surface area (Å²) in [4.78, 5) is 50.3. The van der Waals surface area contributed by atoms with Crippen LogP contribution in [0.5, 0.6) is 17.2 Å². The maximum absolute atomic E-state index is 13.4. The van der Waals surface area contributed by atoms with E-state index < -0.39 is 5.69 Å². The summed E-state index contributed by atoms with van der Waals surface area (Å²) in [6.07, 6.45) is 1.18. The third kappa shape index (κ3) is 5.05. The Morgan fingerprint density at radius 3 is 2.76 bits per heavy atom. The van der Waals surface area contributed by atoms with Crippen molar-refractivity contribution < 1.29 is 23.8 Å². The van der Waals surface area contributed by atoms with Gasteiger partial charge >= 0.3 is 5.69 Å². The number of rotatable bonds is 10. The van der Waals surface area contributed by atoms with Crippen molar-refractivity contribution in [1.29, 1.82) is 0 Å². The molecule has 0 aliphatic carbocycles. The van der Waals surface area contributed by atoms with E-state index in [9.17, 15) is 19.2 Å². The summed E-state index contributed by atoms with van der Waals surface area (Å²) in [5.41, 5.74) is 1.61. The Morgan fingerprint density at radius 1 is 1.11 bits per heavy atom. The molecule has 0 fully saturated rings. The first-order chi connectivity index (χ1) is 18.5. The van der Waals surface area contributed by atoms with Gasteiger partial charge in [0.1, 0.15) is 16.7 Å². The molecule has 0 bridgehead atoms. The second kappa shape index (κ2) is 10.9. The fraction of sp³-hybridized carbons (Fsp3) is 0.259. The Morgan fingerprint density at radius 2 is 1.95 bits per heavy atom. The number of fused-ring (bicyclic) bond motifs is 2. The van der Waals surface area contributed by atoms with Crippen molar-refractivity contribution in [2.75, 3.05) is 13.9 Å². The number of hydrogen-bond acceptors (Lipinski definition) is 8. The van der Waals surface area contributed by atoms with E-state index in [1.807, 2.05) is 12.1 Å². The van der Waals surface area contributed by atoms with Crippen LogP contribution in [0.1, 0.15) is 34.3 Å². The topological polar surface area (TPSA) is 118 Å². The quantitative estimate of drug-likeness (QED) is 0.310. The molecule has 2 aromatic heterocycles. The molecule has 1 aliphatic rings. The minimum absolute atomic E-state index is 0.0917. The van der Waals surface area contributed by atoms with Crippen LogP contribution in [0.4, 0.5) is 0 Å². The lowest BCUT2D eigenvalue weighted by molar-refractivity contribution is -0.121. The van der Waals surface area contributed by atoms with Crippen molar-refractivity contribution in [3.05, 3.63) is 85.4 Å². The van der Waals surface area contributed by atoms with Gasteiger partial charge in [-0.15, -0.1) is 11.3 Å². The number of thiophene rings is 1. The predicted molar refractivity (Wildman–Crippen MR) is 141 cm³/mol. The molecular weight excluding hydrogens is 510 g/mol. The number of nitrogens with zero attached hydrogens (tertiary/aromatic N) is 2. The van der Waals surface area contributed by atoms with E-state index in [4.69, 9.17) is 14.2 Å². The Labute approximate surface area is 221 Å². The number of ether oxygens (including phenoxy) is 3. The predicted octanol–water partition coefficient (Wildman–Crippen LogP) is 2.92. The Kier molecular flexibility index (Phi) is 7.27. The number of carbonyl (C=O) groups excluding carboxylic acids is 2. The van der Waals surface area contributed by atoms with Crippen molar-refractivity contribution in [2.24, 2.45) is 0 Å². The standard InChI is InChI=1S/C27H25N3O7S/c1-35-21-6-5-18(15-31)11-19(21)14-30-20-8-10-38-25(20)26(33)29(27(30)34)9-2-3-24(32)28-13-17-4-7-22-23(12-17)37-16-36-22/h4-8,10-12,15H,2-3,9,13-14,16H2,1H3,(H,28,32). The molecule has 38 heavy (non-hydrogen) atoms. The van der Waals surface area contributed by atoms with Crippen LogP contribution in [0.3, 0.4) is 0 Å². The second-order valence-corrected chi connectivity index (χ2v) is 9.63. The second-order valence-electron chi connectivity index (χ2n) is 8.72. The number of methoxy groups -OCH3 is 1. The van der Waals surface area contributed by atoms with Gasteiger partial charge in [0.2, 0.25) is 12.7 Å². The molecule has 2 aromatic carbocycles. The van der Waals surface area contributed by atoms with Crippen LogP contribution in [-0.2, 0) is 24.4 Å². The largest absolute Gasteiger partial charge is 0.496 e. The van der Waals surface area contributed by atoms with Crippen LogP contribution in [-0.4, -0.2) is 35.2 Å². The molecule has 1 amide bonds. The molecule has 196 valence electrons. The number of benzene rings is 2. The molecule has 3 heterocycles. The molecule has 0 saturated carbocycles. The molecule has 10 nitrogen and oxygen atoms in total. The minimum atomic E-state index is -0.486. The van der Waals surface area contributed by atoms with Crippen molar-refractivity contribution in [3.63, 3.8) is 0 Å². The molecule has 0 atom stereocenters. The third-order valence-corrected chi connectivity index (χ3v) is 7.21. The highest BCUT2D eigenvalue weighted by molar-refractivity contribution is 7.17. The number of aromatic nitrogens is 2. The van der Waals surface area contributed by atoms with Crippen LogP contribution in [0, 0.1) is 0 Å². The number of nitrogens with one attached hydrogen (secondary N) is 1. The zero-order chi connectivity index (χ0) is 26.6. The summed E-state index contributed by atoms with van der Waals surface area (Å²) >= 11 is 1.25. The van der Waals surface area contributed by atoms with Crippen molar-refractivity contribution in [1.82, 2.24) is 14.5 Å². The van der Waals surface area contributed by atoms with Crippen LogP contribution in [0.25, 0.3) is 10.2 Å². The van der Waals surface area contributed by atoms with Gasteiger partial charge < -0.3 is 19.5 Å². The monoisotopic (exact) mass is 535 g/mol. The van der Waals surface area contributed by atoms with Crippen LogP contribution >= 0.6 is 11.3 Å². The summed E-state index contributed by atoms with van der Waals surface area (Å²) in [6, 6.07) is 12.2. The Bertz CT molecular complexity index is 1640. The summed E-state index contributed by atoms with van der Waals surface area (Å²) in [7, 11) is 1.51. The highest BCUT2D eigenvalue weighted by Crippen LogP contribution is 2.32. The average molecular weight is 536 g/mol. The fourth-order valence-electron chi connectivity index (χ4n) is 4.39. The van der Waals surface area contributed by atoms with E-state index in [2.05, 4.69) is 5.32 Å². The van der Waals surface area contributed by atoms with E-state index in [1.165, 1.54) is 27.6 Å². The molecule has 0 saturated heterocycles. The van der Waals surface area contributed by atoms with Gasteiger partial charge in [0.15, 0.2) is 11.5 Å². The van der Waals surface area contributed by atoms with Gasteiger partial charge in [0.05, 0.1) is 19.2 Å². The smallest absolute Gasteiger partial charge is 0.331 e. The van der Waals surface area contributed by atoms with Gasteiger partial charge in [0, 0.05) is 30.6 Å². The summed E-state index contributed by atoms with van der Waals surface area (Å²) in [6.45, 7) is 0.717. The third-order valence-electron chi connectivity index (χ3n) is 6.32. The molecular formula is C27H25N3O7S. The number of aldehydes is 1. The van der Waals surface area contributed by atoms with Crippen molar-refractivity contribution in [2.45, 2.75) is 32.5 Å². The number of carbonyl (C=O) groups is 2. The first-order valence-electron chi connectivity index (χ1n) is 12.0. The molecule has 0 radical (unpaired) electrons. The molecule has 1 N–H and O–H groups in total. The van der Waals surface area contributed by atoms with Gasteiger partial charge in [-0.25, -0.2) is 4.79 Å². The fourth-order valence-corrected chi connectivity index (χ4v) is 5.23. The molecule has 0 unspecified atom stereocenters. The zero-order valence-electron chi connectivity index (χ0n) is 20.6. The van der Waals surface area contributed by atoms with E-state index in [-0.39, 0.29) is 37.8 Å². The van der Waals surface area contributed by atoms with Crippen LogP contribution in [0.15, 0.2) is 57.4 Å². The van der Waals surface area contributed by atoms with Gasteiger partial charge in [0.25, 0.3) is 5.56 Å². The normalized spacial score (nSPS) is 12.0. The minimum Gasteiger partial charge on any atom is -0.496 e. The average Bonchev–Trinajstić information content (AvgIpc) is 3.61. The summed E-state index contributed by atoms with van der Waals surface area (Å²) < 4.78 is 19.2. The first-order valence-corrected chi connectivity index (χ1v) is 12.8. The van der Waals surface area contributed by atoms with E-state index in [0.29, 0.717) is 51.6 Å². The zero-order valence-corrected chi connectivity index (χ0v) is 21.4. The van der Waals surface area contributed by atoms with Gasteiger partial charge in [-0.3, -0.25) is 23.5 Å². The maximum Gasteiger partial charge on any atom is 0.331 e. The summed E-state index contributed by atoms with van der Waals surface area (Å²) in [5, 5.41) is 4.61. The van der Waals surface area contributed by atoms with Gasteiger partial charge in [-0.2, -0.15) is 0 Å². The lowest BCUT2D eigenvalue weighted by atomic mass is 10.1. The van der Waals surface area contributed by atoms with Crippen molar-refractivity contribution >= 4 is 33.7 Å². The van der Waals surface area contributed by atoms with Gasteiger partial charge in [-0.1, -0.05) is 6.07 Å². The highest BCUT2D eigenvalue weighted by atomic mass is 32.1. The Balaban J connectivity index is 1.30. The van der Waals surface area contributed by atoms with Crippen molar-refractivity contribution in [3.8, 4) is 17.2 Å². The molecule has 11 heteroatoms. The molecule has 0 spiro atoms. The number of amides is 1. The molecule has 1 aliphatic heterocycles. The summed E-state index contributed by atoms with van der Waals surface area (Å²) in [5.74, 6) is 1.66. The van der Waals surface area contributed by atoms with Gasteiger partial charge in [-0.05, 0) is 53.8 Å².